The molecule has 0 radical (unpaired) electrons. The quantitative estimate of drug-likeness (QED) is 0.844. The van der Waals surface area contributed by atoms with E-state index >= 15 is 0 Å². The van der Waals surface area contributed by atoms with E-state index in [2.05, 4.69) is 29.4 Å². The molecule has 0 saturated heterocycles. The van der Waals surface area contributed by atoms with Gasteiger partial charge in [-0.25, -0.2) is 0 Å². The van der Waals surface area contributed by atoms with Crippen LogP contribution in [-0.2, 0) is 6.42 Å². The molecule has 2 rings (SSSR count). The van der Waals surface area contributed by atoms with Crippen molar-refractivity contribution in [3.63, 3.8) is 0 Å². The zero-order valence-corrected chi connectivity index (χ0v) is 12.8. The molecule has 0 fully saturated rings. The van der Waals surface area contributed by atoms with Crippen molar-refractivity contribution in [2.75, 3.05) is 20.8 Å². The molecule has 0 aliphatic carbocycles. The van der Waals surface area contributed by atoms with Crippen LogP contribution in [0.5, 0.6) is 11.5 Å². The predicted octanol–water partition coefficient (Wildman–Crippen LogP) is 2.29. The number of benzene rings is 1. The Morgan fingerprint density at radius 1 is 1.14 bits per heavy atom. The zero-order chi connectivity index (χ0) is 15.2. The van der Waals surface area contributed by atoms with E-state index in [0.29, 0.717) is 35.7 Å². The topological polar surface area (TPSA) is 69.4 Å². The third-order valence-corrected chi connectivity index (χ3v) is 2.99. The monoisotopic (exact) mass is 291 g/mol. The van der Waals surface area contributed by atoms with Gasteiger partial charge in [0.1, 0.15) is 0 Å². The van der Waals surface area contributed by atoms with E-state index in [-0.39, 0.29) is 0 Å². The van der Waals surface area contributed by atoms with Gasteiger partial charge in [0, 0.05) is 24.6 Å². The van der Waals surface area contributed by atoms with Crippen LogP contribution in [-0.4, -0.2) is 37.0 Å². The molecule has 114 valence electrons. The lowest BCUT2D eigenvalue weighted by Gasteiger charge is -2.07. The molecule has 0 amide bonds. The summed E-state index contributed by atoms with van der Waals surface area (Å²) in [6, 6.07) is 5.95. The minimum atomic E-state index is 0.443. The van der Waals surface area contributed by atoms with Crippen molar-refractivity contribution >= 4 is 0 Å². The fraction of sp³-hybridized carbons (Fsp3) is 0.467. The number of hydrogen-bond acceptors (Lipinski definition) is 6. The van der Waals surface area contributed by atoms with Gasteiger partial charge in [-0.3, -0.25) is 0 Å². The summed E-state index contributed by atoms with van der Waals surface area (Å²) in [4.78, 5) is 0. The summed E-state index contributed by atoms with van der Waals surface area (Å²) in [5.74, 6) is 2.40. The molecule has 0 aliphatic heterocycles. The summed E-state index contributed by atoms with van der Waals surface area (Å²) in [6.07, 6.45) is 0.707. The Bertz CT molecular complexity index is 581. The second kappa shape index (κ2) is 7.08. The Morgan fingerprint density at radius 2 is 1.90 bits per heavy atom. The van der Waals surface area contributed by atoms with Gasteiger partial charge in [-0.15, -0.1) is 10.2 Å². The Morgan fingerprint density at radius 3 is 2.57 bits per heavy atom. The SMILES string of the molecule is COc1ccc(-c2nnc(CCNC(C)C)o2)cc1OC. The summed E-state index contributed by atoms with van der Waals surface area (Å²) in [5, 5.41) is 11.4. The molecule has 0 unspecified atom stereocenters. The highest BCUT2D eigenvalue weighted by Crippen LogP contribution is 2.31. The van der Waals surface area contributed by atoms with E-state index < -0.39 is 0 Å². The van der Waals surface area contributed by atoms with Crippen LogP contribution >= 0.6 is 0 Å². The van der Waals surface area contributed by atoms with E-state index in [9.17, 15) is 0 Å². The molecule has 1 heterocycles. The normalized spacial score (nSPS) is 10.9. The fourth-order valence-corrected chi connectivity index (χ4v) is 1.91. The molecule has 2 aromatic rings. The van der Waals surface area contributed by atoms with Gasteiger partial charge >= 0.3 is 0 Å². The maximum Gasteiger partial charge on any atom is 0.247 e. The second-order valence-electron chi connectivity index (χ2n) is 4.93. The highest BCUT2D eigenvalue weighted by atomic mass is 16.5. The lowest BCUT2D eigenvalue weighted by atomic mass is 10.2. The van der Waals surface area contributed by atoms with Crippen molar-refractivity contribution in [3.05, 3.63) is 24.1 Å². The first kappa shape index (κ1) is 15.3. The van der Waals surface area contributed by atoms with E-state index in [1.54, 1.807) is 14.2 Å². The standard InChI is InChI=1S/C15H21N3O3/c1-10(2)16-8-7-14-17-18-15(21-14)11-5-6-12(19-3)13(9-11)20-4/h5-6,9-10,16H,7-8H2,1-4H3. The van der Waals surface area contributed by atoms with Crippen LogP contribution in [0.1, 0.15) is 19.7 Å². The minimum Gasteiger partial charge on any atom is -0.493 e. The number of ether oxygens (including phenoxy) is 2. The summed E-state index contributed by atoms with van der Waals surface area (Å²) in [7, 11) is 3.20. The van der Waals surface area contributed by atoms with Gasteiger partial charge in [-0.1, -0.05) is 13.8 Å². The van der Waals surface area contributed by atoms with Gasteiger partial charge < -0.3 is 19.2 Å². The van der Waals surface area contributed by atoms with Gasteiger partial charge in [0.25, 0.3) is 0 Å². The highest BCUT2D eigenvalue weighted by molar-refractivity contribution is 5.59. The summed E-state index contributed by atoms with van der Waals surface area (Å²) >= 11 is 0. The van der Waals surface area contributed by atoms with E-state index in [1.807, 2.05) is 18.2 Å². The molecule has 0 aliphatic rings. The molecule has 21 heavy (non-hydrogen) atoms. The fourth-order valence-electron chi connectivity index (χ4n) is 1.91. The highest BCUT2D eigenvalue weighted by Gasteiger charge is 2.12. The van der Waals surface area contributed by atoms with Crippen molar-refractivity contribution in [1.29, 1.82) is 0 Å². The lowest BCUT2D eigenvalue weighted by Crippen LogP contribution is -2.25. The van der Waals surface area contributed by atoms with Crippen molar-refractivity contribution in [2.24, 2.45) is 0 Å². The second-order valence-corrected chi connectivity index (χ2v) is 4.93. The molecule has 0 atom stereocenters. The Labute approximate surface area is 124 Å². The third-order valence-electron chi connectivity index (χ3n) is 2.99. The first-order valence-electron chi connectivity index (χ1n) is 6.92. The van der Waals surface area contributed by atoms with E-state index in [4.69, 9.17) is 13.9 Å². The first-order valence-corrected chi connectivity index (χ1v) is 6.92. The van der Waals surface area contributed by atoms with Crippen LogP contribution < -0.4 is 14.8 Å². The van der Waals surface area contributed by atoms with Gasteiger partial charge in [-0.05, 0) is 18.2 Å². The molecule has 0 spiro atoms. The third kappa shape index (κ3) is 3.95. The van der Waals surface area contributed by atoms with Crippen LogP contribution in [0.4, 0.5) is 0 Å². The van der Waals surface area contributed by atoms with Crippen LogP contribution in [0.25, 0.3) is 11.5 Å². The Balaban J connectivity index is 2.10. The van der Waals surface area contributed by atoms with Crippen molar-refractivity contribution in [1.82, 2.24) is 15.5 Å². The number of aromatic nitrogens is 2. The van der Waals surface area contributed by atoms with Crippen molar-refractivity contribution in [2.45, 2.75) is 26.3 Å². The molecule has 1 aromatic carbocycles. The molecule has 1 aromatic heterocycles. The molecule has 0 saturated carbocycles. The minimum absolute atomic E-state index is 0.443. The molecule has 6 heteroatoms. The summed E-state index contributed by atoms with van der Waals surface area (Å²) in [6.45, 7) is 5.01. The van der Waals surface area contributed by atoms with Gasteiger partial charge in [-0.2, -0.15) is 0 Å². The Hall–Kier alpha value is -2.08. The van der Waals surface area contributed by atoms with Crippen LogP contribution in [0, 0.1) is 0 Å². The maximum absolute atomic E-state index is 5.67. The molecule has 1 N–H and O–H groups in total. The Kier molecular flexibility index (Phi) is 5.16. The largest absolute Gasteiger partial charge is 0.493 e. The molecular weight excluding hydrogens is 270 g/mol. The average Bonchev–Trinajstić information content (AvgIpc) is 2.95. The summed E-state index contributed by atoms with van der Waals surface area (Å²) < 4.78 is 16.1. The average molecular weight is 291 g/mol. The van der Waals surface area contributed by atoms with Gasteiger partial charge in [0.15, 0.2) is 11.5 Å². The summed E-state index contributed by atoms with van der Waals surface area (Å²) in [5.41, 5.74) is 0.809. The maximum atomic E-state index is 5.67. The zero-order valence-electron chi connectivity index (χ0n) is 12.8. The first-order chi connectivity index (χ1) is 10.1. The van der Waals surface area contributed by atoms with Crippen molar-refractivity contribution < 1.29 is 13.9 Å². The van der Waals surface area contributed by atoms with Gasteiger partial charge in [0.2, 0.25) is 11.8 Å². The van der Waals surface area contributed by atoms with Crippen LogP contribution in [0.15, 0.2) is 22.6 Å². The van der Waals surface area contributed by atoms with E-state index in [0.717, 1.165) is 12.1 Å². The van der Waals surface area contributed by atoms with Crippen LogP contribution in [0.2, 0.25) is 0 Å². The smallest absolute Gasteiger partial charge is 0.247 e. The number of methoxy groups -OCH3 is 2. The van der Waals surface area contributed by atoms with E-state index in [1.165, 1.54) is 0 Å². The number of hydrogen-bond donors (Lipinski definition) is 1. The number of rotatable bonds is 7. The number of nitrogens with one attached hydrogen (secondary N) is 1. The number of nitrogens with zero attached hydrogens (tertiary/aromatic N) is 2. The van der Waals surface area contributed by atoms with Crippen molar-refractivity contribution in [3.8, 4) is 23.0 Å². The molecule has 0 bridgehead atoms. The molecule has 6 nitrogen and oxygen atoms in total. The van der Waals surface area contributed by atoms with Crippen LogP contribution in [0.3, 0.4) is 0 Å². The lowest BCUT2D eigenvalue weighted by molar-refractivity contribution is 0.355. The van der Waals surface area contributed by atoms with Gasteiger partial charge in [0.05, 0.1) is 14.2 Å². The molecular formula is C15H21N3O3. The predicted molar refractivity (Wildman–Crippen MR) is 79.7 cm³/mol.